The van der Waals surface area contributed by atoms with Gasteiger partial charge < -0.3 is 10.2 Å². The van der Waals surface area contributed by atoms with E-state index in [1.54, 1.807) is 6.07 Å². The van der Waals surface area contributed by atoms with Crippen molar-refractivity contribution in [3.63, 3.8) is 0 Å². The minimum atomic E-state index is -0.167. The molecule has 0 bridgehead atoms. The van der Waals surface area contributed by atoms with Gasteiger partial charge in [-0.05, 0) is 50.6 Å². The van der Waals surface area contributed by atoms with Crippen LogP contribution in [-0.2, 0) is 6.54 Å². The van der Waals surface area contributed by atoms with Gasteiger partial charge in [-0.3, -0.25) is 0 Å². The first-order valence-corrected chi connectivity index (χ1v) is 6.28. The van der Waals surface area contributed by atoms with Crippen molar-refractivity contribution in [1.29, 1.82) is 0 Å². The molecule has 0 aliphatic heterocycles. The van der Waals surface area contributed by atoms with Crippen molar-refractivity contribution >= 4 is 5.69 Å². The smallest absolute Gasteiger partial charge is 0.123 e. The molecule has 0 aromatic heterocycles. The van der Waals surface area contributed by atoms with E-state index in [-0.39, 0.29) is 5.82 Å². The molecule has 1 N–H and O–H groups in total. The van der Waals surface area contributed by atoms with Gasteiger partial charge >= 0.3 is 0 Å². The highest BCUT2D eigenvalue weighted by Crippen LogP contribution is 2.22. The van der Waals surface area contributed by atoms with Crippen LogP contribution >= 0.6 is 0 Å². The molecular formula is C14H23FN2. The Morgan fingerprint density at radius 1 is 1.35 bits per heavy atom. The molecule has 1 aromatic carbocycles. The van der Waals surface area contributed by atoms with Crippen molar-refractivity contribution in [1.82, 2.24) is 5.32 Å². The van der Waals surface area contributed by atoms with Gasteiger partial charge in [0.25, 0.3) is 0 Å². The minimum absolute atomic E-state index is 0.167. The molecule has 17 heavy (non-hydrogen) atoms. The SMILES string of the molecule is CCCNCc1cc(F)ccc1N(C)C(C)C. The number of hydrogen-bond acceptors (Lipinski definition) is 2. The minimum Gasteiger partial charge on any atom is -0.372 e. The van der Waals surface area contributed by atoms with Crippen LogP contribution in [0.5, 0.6) is 0 Å². The summed E-state index contributed by atoms with van der Waals surface area (Å²) in [6, 6.07) is 5.41. The topological polar surface area (TPSA) is 15.3 Å². The van der Waals surface area contributed by atoms with Gasteiger partial charge in [0.15, 0.2) is 0 Å². The van der Waals surface area contributed by atoms with Crippen molar-refractivity contribution in [3.8, 4) is 0 Å². The van der Waals surface area contributed by atoms with E-state index in [1.165, 1.54) is 6.07 Å². The summed E-state index contributed by atoms with van der Waals surface area (Å²) < 4.78 is 13.3. The van der Waals surface area contributed by atoms with Crippen LogP contribution in [0, 0.1) is 5.82 Å². The Morgan fingerprint density at radius 3 is 2.65 bits per heavy atom. The van der Waals surface area contributed by atoms with Crippen LogP contribution in [0.1, 0.15) is 32.8 Å². The highest BCUT2D eigenvalue weighted by Gasteiger charge is 2.10. The van der Waals surface area contributed by atoms with Crippen LogP contribution in [0.25, 0.3) is 0 Å². The third-order valence-electron chi connectivity index (χ3n) is 2.94. The van der Waals surface area contributed by atoms with Crippen molar-refractivity contribution in [2.45, 2.75) is 39.8 Å². The second-order valence-corrected chi connectivity index (χ2v) is 4.65. The second-order valence-electron chi connectivity index (χ2n) is 4.65. The van der Waals surface area contributed by atoms with E-state index < -0.39 is 0 Å². The Morgan fingerprint density at radius 2 is 2.06 bits per heavy atom. The summed E-state index contributed by atoms with van der Waals surface area (Å²) >= 11 is 0. The first-order chi connectivity index (χ1) is 8.06. The maximum Gasteiger partial charge on any atom is 0.123 e. The number of nitrogens with one attached hydrogen (secondary N) is 1. The summed E-state index contributed by atoms with van der Waals surface area (Å²) in [6.07, 6.45) is 1.09. The van der Waals surface area contributed by atoms with Gasteiger partial charge in [-0.1, -0.05) is 6.92 Å². The second kappa shape index (κ2) is 6.60. The van der Waals surface area contributed by atoms with Crippen LogP contribution in [0.15, 0.2) is 18.2 Å². The Bertz CT molecular complexity index is 350. The molecule has 96 valence electrons. The molecule has 0 unspecified atom stereocenters. The van der Waals surface area contributed by atoms with Gasteiger partial charge in [-0.25, -0.2) is 4.39 Å². The summed E-state index contributed by atoms with van der Waals surface area (Å²) in [5, 5.41) is 3.32. The summed E-state index contributed by atoms with van der Waals surface area (Å²) in [4.78, 5) is 2.17. The van der Waals surface area contributed by atoms with E-state index in [9.17, 15) is 4.39 Å². The molecule has 0 atom stereocenters. The van der Waals surface area contributed by atoms with Gasteiger partial charge in [0.2, 0.25) is 0 Å². The number of nitrogens with zero attached hydrogens (tertiary/aromatic N) is 1. The van der Waals surface area contributed by atoms with Gasteiger partial charge in [0, 0.05) is 25.3 Å². The number of hydrogen-bond donors (Lipinski definition) is 1. The van der Waals surface area contributed by atoms with Crippen molar-refractivity contribution in [2.75, 3.05) is 18.5 Å². The molecule has 0 amide bonds. The first kappa shape index (κ1) is 14.0. The fraction of sp³-hybridized carbons (Fsp3) is 0.571. The first-order valence-electron chi connectivity index (χ1n) is 6.28. The maximum atomic E-state index is 13.3. The summed E-state index contributed by atoms with van der Waals surface area (Å²) in [7, 11) is 2.04. The van der Waals surface area contributed by atoms with E-state index in [2.05, 4.69) is 31.0 Å². The lowest BCUT2D eigenvalue weighted by atomic mass is 10.1. The molecule has 1 rings (SSSR count). The van der Waals surface area contributed by atoms with E-state index in [1.807, 2.05) is 13.1 Å². The van der Waals surface area contributed by atoms with E-state index in [0.717, 1.165) is 30.8 Å². The van der Waals surface area contributed by atoms with Gasteiger partial charge in [0.05, 0.1) is 0 Å². The highest BCUT2D eigenvalue weighted by molar-refractivity contribution is 5.53. The lowest BCUT2D eigenvalue weighted by Crippen LogP contribution is -2.27. The van der Waals surface area contributed by atoms with Gasteiger partial charge in [-0.15, -0.1) is 0 Å². The molecular weight excluding hydrogens is 215 g/mol. The fourth-order valence-electron chi connectivity index (χ4n) is 1.72. The normalized spacial score (nSPS) is 10.9. The molecule has 0 aliphatic carbocycles. The zero-order valence-electron chi connectivity index (χ0n) is 11.3. The third-order valence-corrected chi connectivity index (χ3v) is 2.94. The zero-order valence-corrected chi connectivity index (χ0v) is 11.3. The predicted molar refractivity (Wildman–Crippen MR) is 71.9 cm³/mol. The lowest BCUT2D eigenvalue weighted by molar-refractivity contribution is 0.617. The maximum absolute atomic E-state index is 13.3. The average molecular weight is 238 g/mol. The number of halogens is 1. The Labute approximate surface area is 104 Å². The molecule has 2 nitrogen and oxygen atoms in total. The van der Waals surface area contributed by atoms with Crippen LogP contribution in [0.3, 0.4) is 0 Å². The highest BCUT2D eigenvalue weighted by atomic mass is 19.1. The van der Waals surface area contributed by atoms with Crippen molar-refractivity contribution in [3.05, 3.63) is 29.6 Å². The average Bonchev–Trinajstić information content (AvgIpc) is 2.28. The van der Waals surface area contributed by atoms with Crippen LogP contribution < -0.4 is 10.2 Å². The van der Waals surface area contributed by atoms with E-state index in [4.69, 9.17) is 0 Å². The molecule has 0 saturated carbocycles. The molecule has 0 aliphatic rings. The Hall–Kier alpha value is -1.09. The molecule has 0 heterocycles. The molecule has 3 heteroatoms. The number of benzene rings is 1. The van der Waals surface area contributed by atoms with E-state index >= 15 is 0 Å². The third kappa shape index (κ3) is 4.00. The Balaban J connectivity index is 2.87. The van der Waals surface area contributed by atoms with E-state index in [0.29, 0.717) is 6.04 Å². The van der Waals surface area contributed by atoms with Crippen LogP contribution in [-0.4, -0.2) is 19.6 Å². The summed E-state index contributed by atoms with van der Waals surface area (Å²) in [6.45, 7) is 8.07. The molecule has 0 spiro atoms. The molecule has 1 aromatic rings. The molecule has 0 fully saturated rings. The van der Waals surface area contributed by atoms with Gasteiger partial charge in [-0.2, -0.15) is 0 Å². The zero-order chi connectivity index (χ0) is 12.8. The van der Waals surface area contributed by atoms with Crippen molar-refractivity contribution < 1.29 is 4.39 Å². The predicted octanol–water partition coefficient (Wildman–Crippen LogP) is 3.17. The quantitative estimate of drug-likeness (QED) is 0.766. The van der Waals surface area contributed by atoms with Crippen molar-refractivity contribution in [2.24, 2.45) is 0 Å². The number of rotatable bonds is 6. The monoisotopic (exact) mass is 238 g/mol. The summed E-state index contributed by atoms with van der Waals surface area (Å²) in [5.74, 6) is -0.167. The van der Waals surface area contributed by atoms with Gasteiger partial charge in [0.1, 0.15) is 5.82 Å². The fourth-order valence-corrected chi connectivity index (χ4v) is 1.72. The van der Waals surface area contributed by atoms with Crippen LogP contribution in [0.2, 0.25) is 0 Å². The Kier molecular flexibility index (Phi) is 5.42. The van der Waals surface area contributed by atoms with Crippen LogP contribution in [0.4, 0.5) is 10.1 Å². The summed E-state index contributed by atoms with van der Waals surface area (Å²) in [5.41, 5.74) is 2.12. The lowest BCUT2D eigenvalue weighted by Gasteiger charge is -2.26. The molecule has 0 saturated heterocycles. The number of anilines is 1. The standard InChI is InChI=1S/C14H23FN2/c1-5-8-16-10-12-9-13(15)6-7-14(12)17(4)11(2)3/h6-7,9,11,16H,5,8,10H2,1-4H3. The molecule has 0 radical (unpaired) electrons. The largest absolute Gasteiger partial charge is 0.372 e.